The van der Waals surface area contributed by atoms with Gasteiger partial charge in [0.25, 0.3) is 11.8 Å². The molecular formula is C21H22N4O2. The van der Waals surface area contributed by atoms with Crippen LogP contribution in [0.15, 0.2) is 48.7 Å². The van der Waals surface area contributed by atoms with E-state index in [1.807, 2.05) is 56.3 Å². The summed E-state index contributed by atoms with van der Waals surface area (Å²) in [5.41, 5.74) is 2.99. The average Bonchev–Trinajstić information content (AvgIpc) is 3.29. The van der Waals surface area contributed by atoms with Crippen molar-refractivity contribution in [3.63, 3.8) is 0 Å². The zero-order chi connectivity index (χ0) is 19.0. The summed E-state index contributed by atoms with van der Waals surface area (Å²) in [5.74, 6) is -0.186. The number of nitrogens with zero attached hydrogens (tertiary/aromatic N) is 3. The fourth-order valence-electron chi connectivity index (χ4n) is 3.42. The number of hydrogen-bond acceptors (Lipinski definition) is 3. The summed E-state index contributed by atoms with van der Waals surface area (Å²) >= 11 is 0. The fraction of sp³-hybridized carbons (Fsp3) is 0.286. The van der Waals surface area contributed by atoms with Crippen LogP contribution in [0.3, 0.4) is 0 Å². The van der Waals surface area contributed by atoms with Crippen molar-refractivity contribution in [2.45, 2.75) is 32.7 Å². The highest BCUT2D eigenvalue weighted by Gasteiger charge is 2.30. The number of rotatable bonds is 4. The molecule has 138 valence electrons. The molecule has 3 aromatic rings. The summed E-state index contributed by atoms with van der Waals surface area (Å²) in [4.78, 5) is 32.1. The van der Waals surface area contributed by atoms with Crippen LogP contribution in [0, 0.1) is 0 Å². The van der Waals surface area contributed by atoms with E-state index in [-0.39, 0.29) is 29.4 Å². The van der Waals surface area contributed by atoms with Gasteiger partial charge in [0.1, 0.15) is 0 Å². The van der Waals surface area contributed by atoms with E-state index in [1.54, 1.807) is 15.5 Å². The molecule has 0 spiro atoms. The number of hydrogen-bond donors (Lipinski definition) is 1. The zero-order valence-electron chi connectivity index (χ0n) is 15.5. The molecule has 1 unspecified atom stereocenters. The predicted molar refractivity (Wildman–Crippen MR) is 104 cm³/mol. The molecule has 6 heteroatoms. The second-order valence-corrected chi connectivity index (χ2v) is 6.86. The first-order valence-corrected chi connectivity index (χ1v) is 9.28. The minimum atomic E-state index is -0.256. The summed E-state index contributed by atoms with van der Waals surface area (Å²) < 4.78 is 1.70. The summed E-state index contributed by atoms with van der Waals surface area (Å²) in [5, 5.41) is 2.94. The third-order valence-corrected chi connectivity index (χ3v) is 5.08. The Kier molecular flexibility index (Phi) is 4.39. The zero-order valence-corrected chi connectivity index (χ0v) is 15.5. The normalized spacial score (nSPS) is 14.2. The van der Waals surface area contributed by atoms with Crippen LogP contribution in [0.1, 0.15) is 46.9 Å². The van der Waals surface area contributed by atoms with Crippen molar-refractivity contribution in [1.82, 2.24) is 14.7 Å². The lowest BCUT2D eigenvalue weighted by atomic mass is 10.2. The molecule has 27 heavy (non-hydrogen) atoms. The van der Waals surface area contributed by atoms with Crippen LogP contribution in [-0.4, -0.2) is 33.8 Å². The van der Waals surface area contributed by atoms with Crippen LogP contribution >= 0.6 is 0 Å². The molecule has 0 bridgehead atoms. The van der Waals surface area contributed by atoms with E-state index in [0.717, 1.165) is 24.1 Å². The van der Waals surface area contributed by atoms with E-state index < -0.39 is 0 Å². The molecule has 0 aliphatic carbocycles. The van der Waals surface area contributed by atoms with Crippen molar-refractivity contribution in [3.8, 4) is 0 Å². The first-order valence-electron chi connectivity index (χ1n) is 9.28. The Hall–Kier alpha value is -3.15. The number of amides is 2. The van der Waals surface area contributed by atoms with Gasteiger partial charge in [-0.3, -0.25) is 14.0 Å². The minimum Gasteiger partial charge on any atom is -0.348 e. The van der Waals surface area contributed by atoms with Gasteiger partial charge in [0.05, 0.1) is 5.52 Å². The largest absolute Gasteiger partial charge is 0.348 e. The van der Waals surface area contributed by atoms with Gasteiger partial charge in [-0.2, -0.15) is 0 Å². The maximum atomic E-state index is 13.2. The standard InChI is InChI=1S/C21H22N4O2/c1-3-14(2)22-20(26)18-17-10-6-7-12-24(17)19(23-18)21(27)25-13-11-15-8-4-5-9-16(15)25/h4-10,12,14H,3,11,13H2,1-2H3,(H,22,26). The van der Waals surface area contributed by atoms with Gasteiger partial charge < -0.3 is 10.2 Å². The van der Waals surface area contributed by atoms with Crippen molar-refractivity contribution in [3.05, 3.63) is 65.7 Å². The Bertz CT molecular complexity index is 1020. The summed E-state index contributed by atoms with van der Waals surface area (Å²) in [6.07, 6.45) is 3.43. The number of imidazole rings is 1. The number of benzene rings is 1. The Balaban J connectivity index is 1.75. The molecule has 0 fully saturated rings. The smallest absolute Gasteiger partial charge is 0.294 e. The number of fused-ring (bicyclic) bond motifs is 2. The van der Waals surface area contributed by atoms with Gasteiger partial charge in [0, 0.05) is 24.5 Å². The maximum Gasteiger partial charge on any atom is 0.294 e. The summed E-state index contributed by atoms with van der Waals surface area (Å²) in [6.45, 7) is 4.58. The molecule has 0 saturated heterocycles. The first-order chi connectivity index (χ1) is 13.1. The molecule has 3 heterocycles. The molecule has 1 atom stereocenters. The van der Waals surface area contributed by atoms with Gasteiger partial charge in [-0.05, 0) is 43.5 Å². The van der Waals surface area contributed by atoms with Crippen LogP contribution < -0.4 is 10.2 Å². The molecule has 0 radical (unpaired) electrons. The second kappa shape index (κ2) is 6.87. The van der Waals surface area contributed by atoms with E-state index in [2.05, 4.69) is 10.3 Å². The number of anilines is 1. The molecule has 1 aromatic carbocycles. The number of pyridine rings is 1. The van der Waals surface area contributed by atoms with Gasteiger partial charge in [0.2, 0.25) is 5.82 Å². The summed E-state index contributed by atoms with van der Waals surface area (Å²) in [6, 6.07) is 13.4. The summed E-state index contributed by atoms with van der Waals surface area (Å²) in [7, 11) is 0. The lowest BCUT2D eigenvalue weighted by molar-refractivity contribution is 0.0936. The van der Waals surface area contributed by atoms with Crippen LogP contribution in [0.5, 0.6) is 0 Å². The predicted octanol–water partition coefficient (Wildman–Crippen LogP) is 3.07. The van der Waals surface area contributed by atoms with Crippen LogP contribution in [0.4, 0.5) is 5.69 Å². The van der Waals surface area contributed by atoms with E-state index in [4.69, 9.17) is 0 Å². The fourth-order valence-corrected chi connectivity index (χ4v) is 3.42. The molecule has 1 N–H and O–H groups in total. The third kappa shape index (κ3) is 2.97. The first kappa shape index (κ1) is 17.3. The highest BCUT2D eigenvalue weighted by Crippen LogP contribution is 2.29. The molecular weight excluding hydrogens is 340 g/mol. The topological polar surface area (TPSA) is 66.7 Å². The molecule has 1 aliphatic rings. The lowest BCUT2D eigenvalue weighted by Gasteiger charge is -2.16. The number of para-hydroxylation sites is 1. The van der Waals surface area contributed by atoms with Gasteiger partial charge in [-0.15, -0.1) is 0 Å². The third-order valence-electron chi connectivity index (χ3n) is 5.08. The monoisotopic (exact) mass is 362 g/mol. The van der Waals surface area contributed by atoms with E-state index in [9.17, 15) is 9.59 Å². The number of aromatic nitrogens is 2. The number of carbonyl (C=O) groups is 2. The molecule has 2 amide bonds. The van der Waals surface area contributed by atoms with Crippen LogP contribution in [0.25, 0.3) is 5.52 Å². The van der Waals surface area contributed by atoms with Crippen molar-refractivity contribution >= 4 is 23.0 Å². The molecule has 4 rings (SSSR count). The quantitative estimate of drug-likeness (QED) is 0.776. The molecule has 1 aliphatic heterocycles. The molecule has 0 saturated carbocycles. The SMILES string of the molecule is CCC(C)NC(=O)c1nc(C(=O)N2CCc3ccccc32)n2ccccc12. The highest BCUT2D eigenvalue weighted by atomic mass is 16.2. The van der Waals surface area contributed by atoms with E-state index in [0.29, 0.717) is 12.1 Å². The Morgan fingerprint density at radius 3 is 2.78 bits per heavy atom. The second-order valence-electron chi connectivity index (χ2n) is 6.86. The van der Waals surface area contributed by atoms with E-state index in [1.165, 1.54) is 0 Å². The minimum absolute atomic E-state index is 0.0440. The van der Waals surface area contributed by atoms with Gasteiger partial charge >= 0.3 is 0 Å². The Morgan fingerprint density at radius 2 is 1.96 bits per heavy atom. The van der Waals surface area contributed by atoms with Crippen LogP contribution in [-0.2, 0) is 6.42 Å². The van der Waals surface area contributed by atoms with Crippen LogP contribution in [0.2, 0.25) is 0 Å². The van der Waals surface area contributed by atoms with Crippen molar-refractivity contribution in [2.24, 2.45) is 0 Å². The van der Waals surface area contributed by atoms with Gasteiger partial charge in [0.15, 0.2) is 5.69 Å². The average molecular weight is 362 g/mol. The maximum absolute atomic E-state index is 13.2. The number of carbonyl (C=O) groups excluding carboxylic acids is 2. The highest BCUT2D eigenvalue weighted by molar-refractivity contribution is 6.08. The lowest BCUT2D eigenvalue weighted by Crippen LogP contribution is -2.32. The van der Waals surface area contributed by atoms with Gasteiger partial charge in [-0.1, -0.05) is 31.2 Å². The van der Waals surface area contributed by atoms with Crippen molar-refractivity contribution in [1.29, 1.82) is 0 Å². The Labute approximate surface area is 157 Å². The van der Waals surface area contributed by atoms with Gasteiger partial charge in [-0.25, -0.2) is 4.98 Å². The van der Waals surface area contributed by atoms with E-state index >= 15 is 0 Å². The number of nitrogens with one attached hydrogen (secondary N) is 1. The Morgan fingerprint density at radius 1 is 1.19 bits per heavy atom. The van der Waals surface area contributed by atoms with Crippen molar-refractivity contribution in [2.75, 3.05) is 11.4 Å². The molecule has 6 nitrogen and oxygen atoms in total. The van der Waals surface area contributed by atoms with Crippen molar-refractivity contribution < 1.29 is 9.59 Å². The molecule has 2 aromatic heterocycles.